The molecule has 2 amide bonds. The molecule has 3 rings (SSSR count). The number of carbonyl (C=O) groups excluding carboxylic acids is 2. The second kappa shape index (κ2) is 8.43. The Bertz CT molecular complexity index is 1020. The molecule has 4 nitrogen and oxygen atoms in total. The van der Waals surface area contributed by atoms with Gasteiger partial charge >= 0.3 is 0 Å². The molecule has 0 heterocycles. The minimum absolute atomic E-state index is 0.234. The zero-order valence-electron chi connectivity index (χ0n) is 15.1. The van der Waals surface area contributed by atoms with E-state index < -0.39 is 17.5 Å². The fourth-order valence-electron chi connectivity index (χ4n) is 2.64. The molecular weight excluding hydrogens is 362 g/mol. The van der Waals surface area contributed by atoms with Gasteiger partial charge in [0.15, 0.2) is 0 Å². The zero-order valence-corrected chi connectivity index (χ0v) is 15.1. The summed E-state index contributed by atoms with van der Waals surface area (Å²) >= 11 is 0. The van der Waals surface area contributed by atoms with E-state index in [9.17, 15) is 18.4 Å². The molecule has 2 N–H and O–H groups in total. The molecule has 0 saturated heterocycles. The summed E-state index contributed by atoms with van der Waals surface area (Å²) in [6, 6.07) is 16.8. The number of amides is 2. The molecule has 0 radical (unpaired) electrons. The van der Waals surface area contributed by atoms with Gasteiger partial charge in [-0.25, -0.2) is 8.78 Å². The minimum atomic E-state index is -0.973. The Balaban J connectivity index is 1.74. The molecule has 0 aromatic heterocycles. The van der Waals surface area contributed by atoms with Gasteiger partial charge < -0.3 is 10.6 Å². The van der Waals surface area contributed by atoms with Crippen LogP contribution in [0.1, 0.15) is 31.8 Å². The lowest BCUT2D eigenvalue weighted by molar-refractivity contribution is 0.0952. The Morgan fingerprint density at radius 1 is 0.857 bits per heavy atom. The van der Waals surface area contributed by atoms with E-state index in [-0.39, 0.29) is 22.7 Å². The number of carbonyl (C=O) groups is 2. The third-order valence-corrected chi connectivity index (χ3v) is 4.17. The third-order valence-electron chi connectivity index (χ3n) is 4.17. The first kappa shape index (κ1) is 19.2. The Hall–Kier alpha value is -3.54. The second-order valence-electron chi connectivity index (χ2n) is 6.29. The summed E-state index contributed by atoms with van der Waals surface area (Å²) in [7, 11) is 0. The minimum Gasteiger partial charge on any atom is -0.348 e. The van der Waals surface area contributed by atoms with Gasteiger partial charge in [-0.2, -0.15) is 0 Å². The first-order valence-corrected chi connectivity index (χ1v) is 8.63. The number of hydrogen-bond acceptors (Lipinski definition) is 2. The average molecular weight is 380 g/mol. The van der Waals surface area contributed by atoms with Crippen LogP contribution in [0.2, 0.25) is 0 Å². The molecule has 0 aliphatic rings. The van der Waals surface area contributed by atoms with Crippen LogP contribution in [-0.2, 0) is 6.54 Å². The van der Waals surface area contributed by atoms with Crippen molar-refractivity contribution in [1.82, 2.24) is 5.32 Å². The number of hydrogen-bond donors (Lipinski definition) is 2. The summed E-state index contributed by atoms with van der Waals surface area (Å²) in [6.45, 7) is 2.30. The lowest BCUT2D eigenvalue weighted by atomic mass is 10.1. The quantitative estimate of drug-likeness (QED) is 0.687. The molecule has 0 saturated carbocycles. The van der Waals surface area contributed by atoms with E-state index in [0.29, 0.717) is 12.6 Å². The van der Waals surface area contributed by atoms with Gasteiger partial charge in [0.2, 0.25) is 0 Å². The molecule has 0 spiro atoms. The average Bonchev–Trinajstić information content (AvgIpc) is 2.67. The number of rotatable bonds is 5. The number of benzene rings is 3. The summed E-state index contributed by atoms with van der Waals surface area (Å²) in [5, 5.41) is 5.30. The SMILES string of the molecule is Cc1ccc(CNC(=O)c2ccccc2NC(=O)c2ccc(F)cc2F)cc1. The second-order valence-corrected chi connectivity index (χ2v) is 6.29. The molecule has 28 heavy (non-hydrogen) atoms. The first-order chi connectivity index (χ1) is 13.4. The van der Waals surface area contributed by atoms with Crippen molar-refractivity contribution in [3.8, 4) is 0 Å². The van der Waals surface area contributed by atoms with E-state index in [1.165, 1.54) is 0 Å². The van der Waals surface area contributed by atoms with Crippen LogP contribution in [0, 0.1) is 18.6 Å². The monoisotopic (exact) mass is 380 g/mol. The third kappa shape index (κ3) is 4.59. The van der Waals surface area contributed by atoms with E-state index in [0.717, 1.165) is 23.3 Å². The van der Waals surface area contributed by atoms with E-state index >= 15 is 0 Å². The summed E-state index contributed by atoms with van der Waals surface area (Å²) < 4.78 is 26.8. The van der Waals surface area contributed by atoms with Crippen LogP contribution in [0.4, 0.5) is 14.5 Å². The Labute approximate surface area is 161 Å². The van der Waals surface area contributed by atoms with E-state index in [4.69, 9.17) is 0 Å². The van der Waals surface area contributed by atoms with Crippen LogP contribution < -0.4 is 10.6 Å². The molecular formula is C22H18F2N2O2. The van der Waals surface area contributed by atoms with Crippen molar-refractivity contribution >= 4 is 17.5 Å². The van der Waals surface area contributed by atoms with E-state index in [2.05, 4.69) is 10.6 Å². The molecule has 142 valence electrons. The van der Waals surface area contributed by atoms with Gasteiger partial charge in [-0.3, -0.25) is 9.59 Å². The molecule has 0 aliphatic carbocycles. The topological polar surface area (TPSA) is 58.2 Å². The van der Waals surface area contributed by atoms with Crippen LogP contribution in [0.25, 0.3) is 0 Å². The number of nitrogens with one attached hydrogen (secondary N) is 2. The number of halogens is 2. The summed E-state index contributed by atoms with van der Waals surface area (Å²) in [5.41, 5.74) is 2.23. The fraction of sp³-hybridized carbons (Fsp3) is 0.0909. The largest absolute Gasteiger partial charge is 0.348 e. The van der Waals surface area contributed by atoms with Crippen LogP contribution in [0.5, 0.6) is 0 Å². The summed E-state index contributed by atoms with van der Waals surface area (Å²) in [6.07, 6.45) is 0. The van der Waals surface area contributed by atoms with Crippen molar-refractivity contribution in [3.63, 3.8) is 0 Å². The Kier molecular flexibility index (Phi) is 5.79. The Morgan fingerprint density at radius 3 is 2.29 bits per heavy atom. The van der Waals surface area contributed by atoms with Crippen molar-refractivity contribution in [2.24, 2.45) is 0 Å². The molecule has 0 bridgehead atoms. The van der Waals surface area contributed by atoms with Crippen LogP contribution in [0.15, 0.2) is 66.7 Å². The molecule has 3 aromatic rings. The number of anilines is 1. The molecule has 6 heteroatoms. The highest BCUT2D eigenvalue weighted by molar-refractivity contribution is 6.09. The number of aryl methyl sites for hydroxylation is 1. The van der Waals surface area contributed by atoms with Gasteiger partial charge in [0.1, 0.15) is 11.6 Å². The van der Waals surface area contributed by atoms with Gasteiger partial charge in [-0.05, 0) is 36.8 Å². The maximum absolute atomic E-state index is 13.8. The predicted octanol–water partition coefficient (Wildman–Crippen LogP) is 4.46. The predicted molar refractivity (Wildman–Crippen MR) is 103 cm³/mol. The van der Waals surface area contributed by atoms with Crippen molar-refractivity contribution in [3.05, 3.63) is 101 Å². The molecule has 0 fully saturated rings. The summed E-state index contributed by atoms with van der Waals surface area (Å²) in [4.78, 5) is 24.9. The highest BCUT2D eigenvalue weighted by Crippen LogP contribution is 2.18. The van der Waals surface area contributed by atoms with Gasteiger partial charge in [-0.1, -0.05) is 42.0 Å². The highest BCUT2D eigenvalue weighted by atomic mass is 19.1. The van der Waals surface area contributed by atoms with Crippen molar-refractivity contribution in [2.75, 3.05) is 5.32 Å². The fourth-order valence-corrected chi connectivity index (χ4v) is 2.64. The lowest BCUT2D eigenvalue weighted by Gasteiger charge is -2.12. The lowest BCUT2D eigenvalue weighted by Crippen LogP contribution is -2.25. The molecule has 0 unspecified atom stereocenters. The first-order valence-electron chi connectivity index (χ1n) is 8.63. The Morgan fingerprint density at radius 2 is 1.57 bits per heavy atom. The maximum atomic E-state index is 13.8. The van der Waals surface area contributed by atoms with Crippen LogP contribution in [-0.4, -0.2) is 11.8 Å². The normalized spacial score (nSPS) is 10.4. The van der Waals surface area contributed by atoms with Gasteiger partial charge in [0.25, 0.3) is 11.8 Å². The molecule has 3 aromatic carbocycles. The number of para-hydroxylation sites is 1. The smallest absolute Gasteiger partial charge is 0.258 e. The maximum Gasteiger partial charge on any atom is 0.258 e. The van der Waals surface area contributed by atoms with Gasteiger partial charge in [0, 0.05) is 12.6 Å². The van der Waals surface area contributed by atoms with Crippen molar-refractivity contribution in [1.29, 1.82) is 0 Å². The molecule has 0 aliphatic heterocycles. The highest BCUT2D eigenvalue weighted by Gasteiger charge is 2.16. The van der Waals surface area contributed by atoms with E-state index in [1.54, 1.807) is 24.3 Å². The summed E-state index contributed by atoms with van der Waals surface area (Å²) in [5.74, 6) is -2.89. The van der Waals surface area contributed by atoms with Crippen LogP contribution in [0.3, 0.4) is 0 Å². The van der Waals surface area contributed by atoms with Crippen molar-refractivity contribution in [2.45, 2.75) is 13.5 Å². The zero-order chi connectivity index (χ0) is 20.1. The van der Waals surface area contributed by atoms with Crippen molar-refractivity contribution < 1.29 is 18.4 Å². The molecule has 0 atom stereocenters. The van der Waals surface area contributed by atoms with Crippen LogP contribution >= 0.6 is 0 Å². The standard InChI is InChI=1S/C22H18F2N2O2/c1-14-6-8-15(9-7-14)13-25-21(27)18-4-2-3-5-20(18)26-22(28)17-11-10-16(23)12-19(17)24/h2-12H,13H2,1H3,(H,25,27)(H,26,28). The van der Waals surface area contributed by atoms with Gasteiger partial charge in [0.05, 0.1) is 16.8 Å². The van der Waals surface area contributed by atoms with E-state index in [1.807, 2.05) is 31.2 Å². The van der Waals surface area contributed by atoms with Gasteiger partial charge in [-0.15, -0.1) is 0 Å².